The highest BCUT2D eigenvalue weighted by atomic mass is 127. The SMILES string of the molecule is O=[SH]12SC1(I)S2. The van der Waals surface area contributed by atoms with Crippen LogP contribution in [0.4, 0.5) is 0 Å². The third-order valence-corrected chi connectivity index (χ3v) is 18.0. The molecule has 0 aliphatic carbocycles. The lowest BCUT2D eigenvalue weighted by molar-refractivity contribution is 0.695. The summed E-state index contributed by atoms with van der Waals surface area (Å²) in [7, 11) is 1.75. The van der Waals surface area contributed by atoms with Gasteiger partial charge in [0.25, 0.3) is 0 Å². The lowest BCUT2D eigenvalue weighted by Gasteiger charge is -1.72. The van der Waals surface area contributed by atoms with Crippen molar-refractivity contribution >= 4 is 52.2 Å². The summed E-state index contributed by atoms with van der Waals surface area (Å²) in [5.74, 6) is 0. The molecule has 0 atom stereocenters. The van der Waals surface area contributed by atoms with Gasteiger partial charge in [0.05, 0.1) is 0 Å². The van der Waals surface area contributed by atoms with Gasteiger partial charge < -0.3 is 0 Å². The maximum absolute atomic E-state index is 10.6. The molecule has 2 rings (SSSR count). The van der Waals surface area contributed by atoms with Gasteiger partial charge in [-0.3, -0.25) is 4.21 Å². The second kappa shape index (κ2) is 0.844. The van der Waals surface area contributed by atoms with Crippen LogP contribution in [0.2, 0.25) is 0 Å². The van der Waals surface area contributed by atoms with E-state index in [0.717, 1.165) is 0 Å². The van der Waals surface area contributed by atoms with Crippen molar-refractivity contribution < 1.29 is 4.21 Å². The summed E-state index contributed by atoms with van der Waals surface area (Å²) in [6.07, 6.45) is 0. The molecule has 2 aliphatic rings. The van der Waals surface area contributed by atoms with Crippen molar-refractivity contribution in [2.75, 3.05) is 0 Å². The number of fused-ring (bicyclic) bond motifs is 1. The molecule has 2 aliphatic heterocycles. The second-order valence-corrected chi connectivity index (χ2v) is 14.1. The highest BCUT2D eigenvalue weighted by Crippen LogP contribution is 2.95. The van der Waals surface area contributed by atoms with Gasteiger partial charge in [0, 0.05) is 8.00 Å². The smallest absolute Gasteiger partial charge is 0.204 e. The standard InChI is InChI=1S/CHIOS3/c2-1-4-6(1,3)5-1/h6H. The maximum atomic E-state index is 10.6. The minimum atomic E-state index is -1.51. The number of thiol groups is 1. The van der Waals surface area contributed by atoms with Gasteiger partial charge in [-0.25, -0.2) is 0 Å². The fourth-order valence-electron chi connectivity index (χ4n) is 0.262. The Bertz CT molecular complexity index is 143. The molecule has 6 heavy (non-hydrogen) atoms. The molecule has 0 aromatic rings. The molecular weight excluding hydrogens is 251 g/mol. The lowest BCUT2D eigenvalue weighted by atomic mass is 11.9. The van der Waals surface area contributed by atoms with Crippen molar-refractivity contribution in [3.63, 3.8) is 0 Å². The summed E-state index contributed by atoms with van der Waals surface area (Å²) in [6.45, 7) is 0. The molecule has 0 N–H and O–H groups in total. The van der Waals surface area contributed by atoms with E-state index < -0.39 is 8.00 Å². The molecule has 0 aromatic heterocycles. The Balaban J connectivity index is 2.56. The molecule has 0 amide bonds. The molecule has 0 spiro atoms. The molecule has 36 valence electrons. The fourth-order valence-corrected chi connectivity index (χ4v) is 15.3. The zero-order valence-corrected chi connectivity index (χ0v) is 7.23. The van der Waals surface area contributed by atoms with Crippen LogP contribution < -0.4 is 0 Å². The first kappa shape index (κ1) is 4.46. The van der Waals surface area contributed by atoms with Crippen LogP contribution in [-0.4, -0.2) is 5.63 Å². The summed E-state index contributed by atoms with van der Waals surface area (Å²) in [4.78, 5) is 0. The van der Waals surface area contributed by atoms with E-state index in [4.69, 9.17) is 0 Å². The Morgan fingerprint density at radius 3 is 1.83 bits per heavy atom. The van der Waals surface area contributed by atoms with Crippen LogP contribution in [0.1, 0.15) is 0 Å². The molecule has 0 bridgehead atoms. The molecule has 0 saturated carbocycles. The molecular formula is CHIOS3. The van der Waals surface area contributed by atoms with Crippen molar-refractivity contribution in [2.45, 2.75) is 1.42 Å². The van der Waals surface area contributed by atoms with Gasteiger partial charge in [0.2, 0.25) is 1.42 Å². The Kier molecular flexibility index (Phi) is 0.627. The topological polar surface area (TPSA) is 17.1 Å². The summed E-state index contributed by atoms with van der Waals surface area (Å²) in [5.41, 5.74) is 0. The Morgan fingerprint density at radius 1 is 1.67 bits per heavy atom. The van der Waals surface area contributed by atoms with E-state index in [9.17, 15) is 4.21 Å². The molecule has 2 saturated heterocycles. The highest BCUT2D eigenvalue weighted by molar-refractivity contribution is 14.1. The van der Waals surface area contributed by atoms with Crippen molar-refractivity contribution in [1.82, 2.24) is 0 Å². The quantitative estimate of drug-likeness (QED) is 0.231. The molecule has 1 nitrogen and oxygen atoms in total. The normalized spacial score (nSPS) is 62.2. The van der Waals surface area contributed by atoms with Crippen molar-refractivity contribution in [3.8, 4) is 0 Å². The third-order valence-electron chi connectivity index (χ3n) is 0.728. The van der Waals surface area contributed by atoms with Gasteiger partial charge in [0.1, 0.15) is 0 Å². The van der Waals surface area contributed by atoms with Gasteiger partial charge >= 0.3 is 0 Å². The van der Waals surface area contributed by atoms with Crippen LogP contribution in [0.3, 0.4) is 0 Å². The third kappa shape index (κ3) is 0.339. The lowest BCUT2D eigenvalue weighted by Crippen LogP contribution is -1.56. The van der Waals surface area contributed by atoms with Crippen molar-refractivity contribution in [3.05, 3.63) is 0 Å². The van der Waals surface area contributed by atoms with Gasteiger partial charge in [-0.15, -0.1) is 0 Å². The number of rotatable bonds is 0. The zero-order valence-electron chi connectivity index (χ0n) is 2.55. The molecule has 0 radical (unpaired) electrons. The fraction of sp³-hybridized carbons (Fsp3) is 1.00. The highest BCUT2D eigenvalue weighted by Gasteiger charge is 2.80. The van der Waals surface area contributed by atoms with Crippen molar-refractivity contribution in [2.24, 2.45) is 0 Å². The van der Waals surface area contributed by atoms with Gasteiger partial charge in [0.15, 0.2) is 0 Å². The van der Waals surface area contributed by atoms with E-state index in [1.54, 1.807) is 21.6 Å². The molecule has 0 unspecified atom stereocenters. The first-order chi connectivity index (χ1) is 2.66. The Hall–Kier alpha value is 1.58. The Labute approximate surface area is 57.4 Å². The van der Waals surface area contributed by atoms with Crippen LogP contribution in [0.25, 0.3) is 0 Å². The van der Waals surface area contributed by atoms with E-state index in [2.05, 4.69) is 22.6 Å². The van der Waals surface area contributed by atoms with Crippen molar-refractivity contribution in [1.29, 1.82) is 0 Å². The minimum Gasteiger partial charge on any atom is -0.262 e. The number of alkyl halides is 1. The molecule has 2 fully saturated rings. The monoisotopic (exact) mass is 252 g/mol. The van der Waals surface area contributed by atoms with Crippen LogP contribution in [0.15, 0.2) is 0 Å². The average molecular weight is 252 g/mol. The van der Waals surface area contributed by atoms with Crippen LogP contribution >= 0.6 is 44.2 Å². The number of hydrogen-bond donors (Lipinski definition) is 1. The summed E-state index contributed by atoms with van der Waals surface area (Å²) in [6, 6.07) is 0. The van der Waals surface area contributed by atoms with Gasteiger partial charge in [-0.1, -0.05) is 0 Å². The van der Waals surface area contributed by atoms with Crippen LogP contribution in [-0.2, 0) is 8.00 Å². The number of hydrogen-bond acceptors (Lipinski definition) is 3. The molecule has 0 aromatic carbocycles. The summed E-state index contributed by atoms with van der Waals surface area (Å²) < 4.78 is 10.9. The maximum Gasteiger partial charge on any atom is 0.204 e. The number of halogens is 1. The van der Waals surface area contributed by atoms with Crippen LogP contribution in [0, 0.1) is 0 Å². The van der Waals surface area contributed by atoms with Gasteiger partial charge in [-0.05, 0) is 44.2 Å². The van der Waals surface area contributed by atoms with E-state index in [-0.39, 0.29) is 1.42 Å². The Morgan fingerprint density at radius 2 is 1.83 bits per heavy atom. The first-order valence-electron chi connectivity index (χ1n) is 1.37. The van der Waals surface area contributed by atoms with E-state index in [0.29, 0.717) is 0 Å². The second-order valence-electron chi connectivity index (χ2n) is 1.18. The summed E-state index contributed by atoms with van der Waals surface area (Å²) >= 11 is 2.24. The first-order valence-corrected chi connectivity index (χ1v) is 7.00. The van der Waals surface area contributed by atoms with Crippen LogP contribution in [0.5, 0.6) is 0 Å². The molecule has 2 heterocycles. The summed E-state index contributed by atoms with van der Waals surface area (Å²) in [5, 5.41) is 0. The molecule has 5 heteroatoms. The van der Waals surface area contributed by atoms with Gasteiger partial charge in [-0.2, -0.15) is 0 Å². The predicted molar refractivity (Wildman–Crippen MR) is 41.5 cm³/mol. The van der Waals surface area contributed by atoms with E-state index >= 15 is 0 Å². The minimum absolute atomic E-state index is 0.213. The average Bonchev–Trinajstić information content (AvgIpc) is 1.78. The largest absolute Gasteiger partial charge is 0.262 e. The zero-order chi connectivity index (χ0) is 4.41. The predicted octanol–water partition coefficient (Wildman–Crippen LogP) is 1.37. The van der Waals surface area contributed by atoms with E-state index in [1.807, 2.05) is 0 Å². The van der Waals surface area contributed by atoms with E-state index in [1.165, 1.54) is 0 Å².